The van der Waals surface area contributed by atoms with Gasteiger partial charge < -0.3 is 19.5 Å². The summed E-state index contributed by atoms with van der Waals surface area (Å²) in [7, 11) is -2.37. The maximum atomic E-state index is 13.1. The highest BCUT2D eigenvalue weighted by atomic mass is 35.5. The zero-order chi connectivity index (χ0) is 23.4. The van der Waals surface area contributed by atoms with Crippen LogP contribution in [-0.4, -0.2) is 58.1 Å². The Morgan fingerprint density at radius 2 is 1.91 bits per heavy atom. The van der Waals surface area contributed by atoms with Crippen LogP contribution in [0.1, 0.15) is 36.0 Å². The molecular formula is C23H27ClN2O6S. The molecule has 0 spiro atoms. The number of methoxy groups -OCH3 is 1. The molecule has 0 radical (unpaired) electrons. The summed E-state index contributed by atoms with van der Waals surface area (Å²) in [5.41, 5.74) is 0.573. The van der Waals surface area contributed by atoms with Crippen molar-refractivity contribution < 1.29 is 27.4 Å². The Hall–Kier alpha value is -2.33. The third-order valence-corrected chi connectivity index (χ3v) is 7.90. The van der Waals surface area contributed by atoms with Crippen molar-refractivity contribution >= 4 is 33.2 Å². The minimum atomic E-state index is -3.77. The van der Waals surface area contributed by atoms with E-state index in [1.54, 1.807) is 18.2 Å². The molecule has 1 unspecified atom stereocenters. The zero-order valence-electron chi connectivity index (χ0n) is 18.4. The number of anilines is 1. The van der Waals surface area contributed by atoms with E-state index in [-0.39, 0.29) is 22.3 Å². The first-order valence-electron chi connectivity index (χ1n) is 10.9. The van der Waals surface area contributed by atoms with Crippen LogP contribution in [0.15, 0.2) is 41.3 Å². The van der Waals surface area contributed by atoms with Gasteiger partial charge in [0.15, 0.2) is 0 Å². The number of nitrogens with zero attached hydrogens (tertiary/aromatic N) is 1. The Kier molecular flexibility index (Phi) is 7.43. The quantitative estimate of drug-likeness (QED) is 0.597. The number of halogens is 1. The highest BCUT2D eigenvalue weighted by molar-refractivity contribution is 7.89. The molecular weight excluding hydrogens is 468 g/mol. The van der Waals surface area contributed by atoms with Gasteiger partial charge in [0.1, 0.15) is 23.0 Å². The molecule has 2 saturated heterocycles. The van der Waals surface area contributed by atoms with Crippen molar-refractivity contribution in [3.8, 4) is 11.5 Å². The van der Waals surface area contributed by atoms with Gasteiger partial charge in [-0.2, -0.15) is 4.31 Å². The molecule has 1 amide bonds. The number of hydrogen-bond donors (Lipinski definition) is 1. The van der Waals surface area contributed by atoms with E-state index in [4.69, 9.17) is 25.8 Å². The van der Waals surface area contributed by atoms with Crippen molar-refractivity contribution in [1.82, 2.24) is 4.31 Å². The molecule has 0 aromatic heterocycles. The van der Waals surface area contributed by atoms with Gasteiger partial charge in [0.25, 0.3) is 5.91 Å². The second-order valence-corrected chi connectivity index (χ2v) is 10.4. The first-order chi connectivity index (χ1) is 15.9. The predicted octanol–water partition coefficient (Wildman–Crippen LogP) is 3.94. The van der Waals surface area contributed by atoms with Gasteiger partial charge in [-0.1, -0.05) is 11.6 Å². The number of nitrogens with one attached hydrogen (secondary N) is 1. The van der Waals surface area contributed by atoms with Crippen LogP contribution in [0.25, 0.3) is 0 Å². The van der Waals surface area contributed by atoms with Crippen LogP contribution < -0.4 is 14.8 Å². The molecule has 178 valence electrons. The third-order valence-electron chi connectivity index (χ3n) is 5.75. The summed E-state index contributed by atoms with van der Waals surface area (Å²) in [4.78, 5) is 13.0. The zero-order valence-corrected chi connectivity index (χ0v) is 20.0. The molecule has 0 saturated carbocycles. The molecule has 10 heteroatoms. The maximum Gasteiger partial charge on any atom is 0.255 e. The topological polar surface area (TPSA) is 94.2 Å². The van der Waals surface area contributed by atoms with Gasteiger partial charge in [0, 0.05) is 30.3 Å². The predicted molar refractivity (Wildman–Crippen MR) is 125 cm³/mol. The first kappa shape index (κ1) is 23.8. The Morgan fingerprint density at radius 3 is 2.61 bits per heavy atom. The highest BCUT2D eigenvalue weighted by Crippen LogP contribution is 2.32. The van der Waals surface area contributed by atoms with Crippen LogP contribution in [0, 0.1) is 0 Å². The summed E-state index contributed by atoms with van der Waals surface area (Å²) >= 11 is 6.14. The van der Waals surface area contributed by atoms with E-state index in [9.17, 15) is 13.2 Å². The minimum Gasteiger partial charge on any atom is -0.495 e. The number of benzene rings is 2. The third kappa shape index (κ3) is 5.43. The Bertz CT molecular complexity index is 1110. The van der Waals surface area contributed by atoms with Gasteiger partial charge in [0.2, 0.25) is 10.0 Å². The summed E-state index contributed by atoms with van der Waals surface area (Å²) in [5, 5.41) is 3.22. The van der Waals surface area contributed by atoms with Gasteiger partial charge in [-0.05, 0) is 62.1 Å². The van der Waals surface area contributed by atoms with Crippen molar-refractivity contribution in [3.05, 3.63) is 47.0 Å². The lowest BCUT2D eigenvalue weighted by atomic mass is 10.2. The van der Waals surface area contributed by atoms with Gasteiger partial charge in [-0.25, -0.2) is 8.42 Å². The SMILES string of the molecule is COc1ccc(C(=O)Nc2cc(Cl)ccc2OCC2CCCO2)cc1S(=O)(=O)N1CCCC1. The number of ether oxygens (including phenoxy) is 3. The number of rotatable bonds is 8. The molecule has 0 aliphatic carbocycles. The van der Waals surface area contributed by atoms with E-state index >= 15 is 0 Å². The standard InChI is InChI=1S/C23H27ClN2O6S/c1-30-21-8-6-16(13-22(21)33(28,29)26-10-2-3-11-26)23(27)25-19-14-17(24)7-9-20(19)32-15-18-5-4-12-31-18/h6-9,13-14,18H,2-5,10-12,15H2,1H3,(H,25,27). The van der Waals surface area contributed by atoms with Gasteiger partial charge in [-0.15, -0.1) is 0 Å². The normalized spacial score (nSPS) is 18.9. The summed E-state index contributed by atoms with van der Waals surface area (Å²) in [5.74, 6) is 0.170. The number of carbonyl (C=O) groups is 1. The largest absolute Gasteiger partial charge is 0.495 e. The summed E-state index contributed by atoms with van der Waals surface area (Å²) in [6.45, 7) is 2.00. The van der Waals surface area contributed by atoms with Gasteiger partial charge in [-0.3, -0.25) is 4.79 Å². The highest BCUT2D eigenvalue weighted by Gasteiger charge is 2.31. The summed E-state index contributed by atoms with van der Waals surface area (Å²) in [6, 6.07) is 9.31. The van der Waals surface area contributed by atoms with Crippen LogP contribution in [0.4, 0.5) is 5.69 Å². The molecule has 1 N–H and O–H groups in total. The second kappa shape index (κ2) is 10.3. The second-order valence-electron chi connectivity index (χ2n) is 8.02. The molecule has 2 aromatic carbocycles. The monoisotopic (exact) mass is 494 g/mol. The summed E-state index contributed by atoms with van der Waals surface area (Å²) < 4.78 is 44.4. The number of sulfonamides is 1. The van der Waals surface area contributed by atoms with Crippen LogP contribution in [0.2, 0.25) is 5.02 Å². The van der Waals surface area contributed by atoms with Crippen molar-refractivity contribution in [2.75, 3.05) is 38.7 Å². The molecule has 8 nitrogen and oxygen atoms in total. The fourth-order valence-electron chi connectivity index (χ4n) is 3.97. The lowest BCUT2D eigenvalue weighted by Crippen LogP contribution is -2.28. The molecule has 2 fully saturated rings. The van der Waals surface area contributed by atoms with Gasteiger partial charge in [0.05, 0.1) is 18.9 Å². The maximum absolute atomic E-state index is 13.1. The molecule has 0 bridgehead atoms. The van der Waals surface area contributed by atoms with Crippen LogP contribution in [-0.2, 0) is 14.8 Å². The van der Waals surface area contributed by atoms with Crippen molar-refractivity contribution in [1.29, 1.82) is 0 Å². The Balaban J connectivity index is 1.57. The number of amides is 1. The molecule has 2 aliphatic rings. The van der Waals surface area contributed by atoms with E-state index in [1.807, 2.05) is 0 Å². The lowest BCUT2D eigenvalue weighted by molar-refractivity contribution is 0.0682. The van der Waals surface area contributed by atoms with E-state index in [0.29, 0.717) is 36.2 Å². The molecule has 4 rings (SSSR count). The molecule has 2 aromatic rings. The van der Waals surface area contributed by atoms with Crippen LogP contribution in [0.3, 0.4) is 0 Å². The average Bonchev–Trinajstić information content (AvgIpc) is 3.53. The molecule has 2 aliphatic heterocycles. The average molecular weight is 495 g/mol. The summed E-state index contributed by atoms with van der Waals surface area (Å²) in [6.07, 6.45) is 3.56. The molecule has 33 heavy (non-hydrogen) atoms. The van der Waals surface area contributed by atoms with E-state index in [0.717, 1.165) is 32.3 Å². The number of hydrogen-bond acceptors (Lipinski definition) is 6. The van der Waals surface area contributed by atoms with Crippen LogP contribution in [0.5, 0.6) is 11.5 Å². The van der Waals surface area contributed by atoms with Gasteiger partial charge >= 0.3 is 0 Å². The lowest BCUT2D eigenvalue weighted by Gasteiger charge is -2.19. The smallest absolute Gasteiger partial charge is 0.255 e. The first-order valence-corrected chi connectivity index (χ1v) is 12.7. The minimum absolute atomic E-state index is 0.0177. The fraction of sp³-hybridized carbons (Fsp3) is 0.435. The van der Waals surface area contributed by atoms with E-state index < -0.39 is 15.9 Å². The van der Waals surface area contributed by atoms with E-state index in [1.165, 1.54) is 29.6 Å². The number of carbonyl (C=O) groups excluding carboxylic acids is 1. The molecule has 2 heterocycles. The van der Waals surface area contributed by atoms with E-state index in [2.05, 4.69) is 5.32 Å². The molecule has 1 atom stereocenters. The Labute approximate surface area is 198 Å². The van der Waals surface area contributed by atoms with Crippen LogP contribution >= 0.6 is 11.6 Å². The Morgan fingerprint density at radius 1 is 1.15 bits per heavy atom. The van der Waals surface area contributed by atoms with Crippen molar-refractivity contribution in [2.24, 2.45) is 0 Å². The van der Waals surface area contributed by atoms with Crippen molar-refractivity contribution in [3.63, 3.8) is 0 Å². The fourth-order valence-corrected chi connectivity index (χ4v) is 5.84. The van der Waals surface area contributed by atoms with Crippen molar-refractivity contribution in [2.45, 2.75) is 36.7 Å².